The van der Waals surface area contributed by atoms with Crippen LogP contribution in [0, 0.1) is 12.8 Å². The monoisotopic (exact) mass is 326 g/mol. The van der Waals surface area contributed by atoms with Gasteiger partial charge in [0.05, 0.1) is 11.0 Å². The second-order valence-corrected chi connectivity index (χ2v) is 8.12. The van der Waals surface area contributed by atoms with Crippen molar-refractivity contribution in [3.63, 3.8) is 0 Å². The normalized spacial score (nSPS) is 17.9. The summed E-state index contributed by atoms with van der Waals surface area (Å²) in [6.07, 6.45) is 1.74. The molecule has 6 heteroatoms. The molecule has 1 aromatic carbocycles. The smallest absolute Gasteiger partial charge is 0.243 e. The number of sulfonamides is 1. The van der Waals surface area contributed by atoms with Crippen LogP contribution in [0.15, 0.2) is 23.1 Å². The lowest BCUT2D eigenvalue weighted by atomic mass is 9.99. The molecule has 5 nitrogen and oxygen atoms in total. The highest BCUT2D eigenvalue weighted by molar-refractivity contribution is 7.89. The van der Waals surface area contributed by atoms with Crippen LogP contribution < -0.4 is 10.5 Å². The van der Waals surface area contributed by atoms with Crippen LogP contribution >= 0.6 is 0 Å². The van der Waals surface area contributed by atoms with Gasteiger partial charge in [-0.15, -0.1) is 0 Å². The lowest BCUT2D eigenvalue weighted by Gasteiger charge is -2.30. The molecule has 1 saturated heterocycles. The molecule has 0 atom stereocenters. The van der Waals surface area contributed by atoms with Gasteiger partial charge in [-0.25, -0.2) is 8.42 Å². The van der Waals surface area contributed by atoms with Crippen LogP contribution in [0.5, 0.6) is 5.75 Å². The fourth-order valence-corrected chi connectivity index (χ4v) is 4.26. The zero-order chi connectivity index (χ0) is 16.3. The Balaban J connectivity index is 2.18. The van der Waals surface area contributed by atoms with E-state index >= 15 is 0 Å². The maximum atomic E-state index is 12.7. The molecule has 124 valence electrons. The van der Waals surface area contributed by atoms with E-state index < -0.39 is 10.0 Å². The van der Waals surface area contributed by atoms with Gasteiger partial charge in [0.25, 0.3) is 0 Å². The van der Waals surface area contributed by atoms with Crippen molar-refractivity contribution in [2.75, 3.05) is 19.6 Å². The Bertz CT molecular complexity index is 606. The van der Waals surface area contributed by atoms with Crippen LogP contribution in [0.2, 0.25) is 0 Å². The Labute approximate surface area is 133 Å². The predicted octanol–water partition coefficient (Wildman–Crippen LogP) is 2.14. The third-order valence-corrected chi connectivity index (χ3v) is 5.95. The number of piperidine rings is 1. The van der Waals surface area contributed by atoms with Crippen molar-refractivity contribution < 1.29 is 13.2 Å². The second kappa shape index (κ2) is 6.98. The molecule has 1 aliphatic heterocycles. The molecule has 1 fully saturated rings. The number of nitrogens with zero attached hydrogens (tertiary/aromatic N) is 1. The summed E-state index contributed by atoms with van der Waals surface area (Å²) < 4.78 is 32.7. The third kappa shape index (κ3) is 3.80. The maximum Gasteiger partial charge on any atom is 0.243 e. The van der Waals surface area contributed by atoms with E-state index in [1.165, 1.54) is 0 Å². The Kier molecular flexibility index (Phi) is 5.47. The van der Waals surface area contributed by atoms with Crippen LogP contribution in [-0.4, -0.2) is 38.5 Å². The van der Waals surface area contributed by atoms with E-state index in [9.17, 15) is 8.42 Å². The molecule has 2 rings (SSSR count). The van der Waals surface area contributed by atoms with Crippen LogP contribution in [0.1, 0.15) is 32.3 Å². The van der Waals surface area contributed by atoms with Gasteiger partial charge in [-0.3, -0.25) is 0 Å². The second-order valence-electron chi connectivity index (χ2n) is 6.18. The van der Waals surface area contributed by atoms with Crippen LogP contribution in [-0.2, 0) is 10.0 Å². The summed E-state index contributed by atoms with van der Waals surface area (Å²) in [5.74, 6) is 1.17. The molecule has 1 aliphatic rings. The van der Waals surface area contributed by atoms with Gasteiger partial charge in [-0.1, -0.05) is 0 Å². The maximum absolute atomic E-state index is 12.7. The highest BCUT2D eigenvalue weighted by Crippen LogP contribution is 2.27. The topological polar surface area (TPSA) is 72.6 Å². The number of aryl methyl sites for hydroxylation is 1. The van der Waals surface area contributed by atoms with E-state index in [4.69, 9.17) is 10.5 Å². The van der Waals surface area contributed by atoms with Crippen molar-refractivity contribution in [2.24, 2.45) is 11.7 Å². The summed E-state index contributed by atoms with van der Waals surface area (Å²) in [6, 6.07) is 5.08. The summed E-state index contributed by atoms with van der Waals surface area (Å²) in [7, 11) is -3.42. The molecule has 0 aliphatic carbocycles. The van der Waals surface area contributed by atoms with E-state index in [1.807, 2.05) is 20.8 Å². The molecule has 0 radical (unpaired) electrons. The highest BCUT2D eigenvalue weighted by atomic mass is 32.2. The SMILES string of the molecule is Cc1cc(S(=O)(=O)N2CCC(CN)CC2)ccc1OC(C)C. The lowest BCUT2D eigenvalue weighted by molar-refractivity contribution is 0.240. The summed E-state index contributed by atoms with van der Waals surface area (Å²) in [6.45, 7) is 7.50. The predicted molar refractivity (Wildman–Crippen MR) is 87.5 cm³/mol. The average Bonchev–Trinajstić information content (AvgIpc) is 2.49. The third-order valence-electron chi connectivity index (χ3n) is 4.05. The number of nitrogens with two attached hydrogens (primary N) is 1. The summed E-state index contributed by atoms with van der Waals surface area (Å²) >= 11 is 0. The zero-order valence-corrected chi connectivity index (χ0v) is 14.4. The molecule has 0 saturated carbocycles. The molecular formula is C16H26N2O3S. The van der Waals surface area contributed by atoms with Gasteiger partial charge < -0.3 is 10.5 Å². The molecule has 0 bridgehead atoms. The van der Waals surface area contributed by atoms with E-state index in [0.717, 1.165) is 24.2 Å². The lowest BCUT2D eigenvalue weighted by Crippen LogP contribution is -2.40. The van der Waals surface area contributed by atoms with Gasteiger partial charge >= 0.3 is 0 Å². The Morgan fingerprint density at radius 2 is 1.95 bits per heavy atom. The molecule has 22 heavy (non-hydrogen) atoms. The average molecular weight is 326 g/mol. The van der Waals surface area contributed by atoms with E-state index in [0.29, 0.717) is 30.4 Å². The van der Waals surface area contributed by atoms with Crippen molar-refractivity contribution in [3.8, 4) is 5.75 Å². The van der Waals surface area contributed by atoms with Gasteiger partial charge in [-0.2, -0.15) is 4.31 Å². The zero-order valence-electron chi connectivity index (χ0n) is 13.6. The quantitative estimate of drug-likeness (QED) is 0.900. The molecule has 1 heterocycles. The Morgan fingerprint density at radius 3 is 2.45 bits per heavy atom. The van der Waals surface area contributed by atoms with Crippen LogP contribution in [0.25, 0.3) is 0 Å². The van der Waals surface area contributed by atoms with Crippen molar-refractivity contribution in [2.45, 2.75) is 44.6 Å². The molecule has 2 N–H and O–H groups in total. The van der Waals surface area contributed by atoms with Gasteiger partial charge in [0, 0.05) is 13.1 Å². The van der Waals surface area contributed by atoms with Gasteiger partial charge in [0.15, 0.2) is 0 Å². The minimum Gasteiger partial charge on any atom is -0.491 e. The van der Waals surface area contributed by atoms with Gasteiger partial charge in [0.2, 0.25) is 10.0 Å². The van der Waals surface area contributed by atoms with Crippen molar-refractivity contribution >= 4 is 10.0 Å². The standard InChI is InChI=1S/C16H26N2O3S/c1-12(2)21-16-5-4-15(10-13(16)3)22(19,20)18-8-6-14(11-17)7-9-18/h4-5,10,12,14H,6-9,11,17H2,1-3H3. The van der Waals surface area contributed by atoms with Crippen molar-refractivity contribution in [3.05, 3.63) is 23.8 Å². The molecular weight excluding hydrogens is 300 g/mol. The molecule has 1 aromatic rings. The fraction of sp³-hybridized carbons (Fsp3) is 0.625. The minimum absolute atomic E-state index is 0.0662. The first kappa shape index (κ1) is 17.2. The number of ether oxygens (including phenoxy) is 1. The first-order valence-electron chi connectivity index (χ1n) is 7.82. The van der Waals surface area contributed by atoms with Crippen LogP contribution in [0.3, 0.4) is 0 Å². The number of hydrogen-bond donors (Lipinski definition) is 1. The largest absolute Gasteiger partial charge is 0.491 e. The van der Waals surface area contributed by atoms with Crippen molar-refractivity contribution in [1.82, 2.24) is 4.31 Å². The van der Waals surface area contributed by atoms with Crippen molar-refractivity contribution in [1.29, 1.82) is 0 Å². The van der Waals surface area contributed by atoms with Gasteiger partial charge in [0.1, 0.15) is 5.75 Å². The first-order chi connectivity index (χ1) is 10.3. The van der Waals surface area contributed by atoms with E-state index in [1.54, 1.807) is 22.5 Å². The summed E-state index contributed by atoms with van der Waals surface area (Å²) in [4.78, 5) is 0.340. The number of rotatable bonds is 5. The van der Waals surface area contributed by atoms with E-state index in [-0.39, 0.29) is 6.10 Å². The first-order valence-corrected chi connectivity index (χ1v) is 9.26. The molecule has 0 amide bonds. The van der Waals surface area contributed by atoms with Gasteiger partial charge in [-0.05, 0) is 69.8 Å². The summed E-state index contributed by atoms with van der Waals surface area (Å²) in [5, 5.41) is 0. The Hall–Kier alpha value is -1.11. The fourth-order valence-electron chi connectivity index (χ4n) is 2.70. The number of hydrogen-bond acceptors (Lipinski definition) is 4. The van der Waals surface area contributed by atoms with Crippen LogP contribution in [0.4, 0.5) is 0 Å². The Morgan fingerprint density at radius 1 is 1.32 bits per heavy atom. The highest BCUT2D eigenvalue weighted by Gasteiger charge is 2.29. The molecule has 0 aromatic heterocycles. The minimum atomic E-state index is -3.42. The molecule has 0 spiro atoms. The summed E-state index contributed by atoms with van der Waals surface area (Å²) in [5.41, 5.74) is 6.50. The number of benzene rings is 1. The van der Waals surface area contributed by atoms with E-state index in [2.05, 4.69) is 0 Å². The molecule has 0 unspecified atom stereocenters.